The molecule has 0 amide bonds. The van der Waals surface area contributed by atoms with E-state index in [1.165, 1.54) is 19.3 Å². The molecule has 2 aromatic heterocycles. The number of hydrogen-bond donors (Lipinski definition) is 1. The summed E-state index contributed by atoms with van der Waals surface area (Å²) >= 11 is 0. The Hall–Kier alpha value is -1.88. The highest BCUT2D eigenvalue weighted by molar-refractivity contribution is 5.88. The number of carboxylic acids is 1. The van der Waals surface area contributed by atoms with Crippen LogP contribution in [-0.2, 0) is 6.42 Å². The maximum absolute atomic E-state index is 11.0. The number of carbonyl (C=O) groups is 1. The lowest BCUT2D eigenvalue weighted by Gasteiger charge is -2.31. The zero-order valence-electron chi connectivity index (χ0n) is 11.6. The van der Waals surface area contributed by atoms with Crippen LogP contribution in [0.2, 0.25) is 0 Å². The fraction of sp³-hybridized carbons (Fsp3) is 0.467. The minimum absolute atomic E-state index is 0.282. The normalized spacial score (nSPS) is 20.4. The Morgan fingerprint density at radius 3 is 3.10 bits per heavy atom. The van der Waals surface area contributed by atoms with E-state index in [-0.39, 0.29) is 5.56 Å². The van der Waals surface area contributed by atoms with Crippen LogP contribution in [0.3, 0.4) is 0 Å². The van der Waals surface area contributed by atoms with Gasteiger partial charge in [0.05, 0.1) is 11.3 Å². The van der Waals surface area contributed by atoms with Gasteiger partial charge in [-0.05, 0) is 38.6 Å². The van der Waals surface area contributed by atoms with E-state index in [9.17, 15) is 4.79 Å². The lowest BCUT2D eigenvalue weighted by molar-refractivity contribution is 0.0697. The molecule has 2 aromatic rings. The van der Waals surface area contributed by atoms with Gasteiger partial charge in [-0.25, -0.2) is 9.78 Å². The molecule has 1 N–H and O–H groups in total. The van der Waals surface area contributed by atoms with Gasteiger partial charge in [-0.1, -0.05) is 6.42 Å². The average Bonchev–Trinajstić information content (AvgIpc) is 2.82. The molecule has 20 heavy (non-hydrogen) atoms. The number of hydrogen-bond acceptors (Lipinski definition) is 3. The van der Waals surface area contributed by atoms with Crippen LogP contribution in [0.5, 0.6) is 0 Å². The highest BCUT2D eigenvalue weighted by Gasteiger charge is 2.20. The molecule has 0 aromatic carbocycles. The Bertz CT molecular complexity index is 635. The summed E-state index contributed by atoms with van der Waals surface area (Å²) in [5.41, 5.74) is 2.02. The van der Waals surface area contributed by atoms with Crippen molar-refractivity contribution < 1.29 is 9.90 Å². The summed E-state index contributed by atoms with van der Waals surface area (Å²) in [6.07, 6.45) is 8.47. The van der Waals surface area contributed by atoms with E-state index in [1.807, 2.05) is 10.6 Å². The second kappa shape index (κ2) is 5.25. The zero-order valence-corrected chi connectivity index (χ0v) is 11.6. The van der Waals surface area contributed by atoms with Gasteiger partial charge in [0, 0.05) is 24.9 Å². The number of piperidine rings is 1. The van der Waals surface area contributed by atoms with E-state index in [4.69, 9.17) is 5.11 Å². The van der Waals surface area contributed by atoms with E-state index in [2.05, 4.69) is 16.9 Å². The lowest BCUT2D eigenvalue weighted by Crippen LogP contribution is -2.37. The van der Waals surface area contributed by atoms with Crippen molar-refractivity contribution in [3.05, 3.63) is 35.8 Å². The van der Waals surface area contributed by atoms with E-state index in [0.29, 0.717) is 11.7 Å². The molecule has 0 radical (unpaired) electrons. The first kappa shape index (κ1) is 13.1. The van der Waals surface area contributed by atoms with Gasteiger partial charge in [0.1, 0.15) is 5.65 Å². The number of likely N-dealkylation sites (N-methyl/N-ethyl adjacent to an activating group) is 1. The molecule has 5 nitrogen and oxygen atoms in total. The Morgan fingerprint density at radius 1 is 1.50 bits per heavy atom. The summed E-state index contributed by atoms with van der Waals surface area (Å²) in [6.45, 7) is 1.15. The quantitative estimate of drug-likeness (QED) is 0.930. The maximum Gasteiger partial charge on any atom is 0.335 e. The molecule has 0 saturated carbocycles. The molecule has 3 rings (SSSR count). The van der Waals surface area contributed by atoms with E-state index >= 15 is 0 Å². The number of fused-ring (bicyclic) bond motifs is 1. The van der Waals surface area contributed by atoms with Crippen molar-refractivity contribution in [3.8, 4) is 0 Å². The van der Waals surface area contributed by atoms with Crippen LogP contribution in [0.15, 0.2) is 24.5 Å². The highest BCUT2D eigenvalue weighted by Crippen LogP contribution is 2.19. The SMILES string of the molecule is CN1CCCCC1Cc1cn2ccc(C(=O)O)cc2n1. The van der Waals surface area contributed by atoms with Gasteiger partial charge in [-0.2, -0.15) is 0 Å². The number of carboxylic acid groups (broad SMARTS) is 1. The smallest absolute Gasteiger partial charge is 0.335 e. The van der Waals surface area contributed by atoms with E-state index in [0.717, 1.165) is 18.7 Å². The second-order valence-electron chi connectivity index (χ2n) is 5.55. The van der Waals surface area contributed by atoms with Crippen LogP contribution in [0.1, 0.15) is 35.3 Å². The number of likely N-dealkylation sites (tertiary alicyclic amines) is 1. The summed E-state index contributed by atoms with van der Waals surface area (Å²) in [6, 6.07) is 3.77. The van der Waals surface area contributed by atoms with Crippen LogP contribution in [0, 0.1) is 0 Å². The first-order chi connectivity index (χ1) is 9.63. The minimum atomic E-state index is -0.913. The molecule has 1 fully saturated rings. The number of nitrogens with zero attached hydrogens (tertiary/aromatic N) is 3. The molecule has 1 atom stereocenters. The predicted octanol–water partition coefficient (Wildman–Crippen LogP) is 2.06. The number of aromatic carboxylic acids is 1. The van der Waals surface area contributed by atoms with Crippen molar-refractivity contribution in [1.82, 2.24) is 14.3 Å². The van der Waals surface area contributed by atoms with Crippen molar-refractivity contribution in [1.29, 1.82) is 0 Å². The van der Waals surface area contributed by atoms with Crippen molar-refractivity contribution in [3.63, 3.8) is 0 Å². The topological polar surface area (TPSA) is 57.8 Å². The van der Waals surface area contributed by atoms with Gasteiger partial charge < -0.3 is 14.4 Å². The van der Waals surface area contributed by atoms with Crippen molar-refractivity contribution in [2.75, 3.05) is 13.6 Å². The fourth-order valence-corrected chi connectivity index (χ4v) is 2.91. The predicted molar refractivity (Wildman–Crippen MR) is 76.1 cm³/mol. The number of aromatic nitrogens is 2. The molecular formula is C15H19N3O2. The van der Waals surface area contributed by atoms with E-state index in [1.54, 1.807) is 18.3 Å². The number of imidazole rings is 1. The largest absolute Gasteiger partial charge is 0.478 e. The summed E-state index contributed by atoms with van der Waals surface area (Å²) in [7, 11) is 2.17. The number of pyridine rings is 1. The highest BCUT2D eigenvalue weighted by atomic mass is 16.4. The fourth-order valence-electron chi connectivity index (χ4n) is 2.91. The molecule has 0 spiro atoms. The maximum atomic E-state index is 11.0. The first-order valence-electron chi connectivity index (χ1n) is 7.04. The van der Waals surface area contributed by atoms with Gasteiger partial charge in [-0.3, -0.25) is 0 Å². The van der Waals surface area contributed by atoms with Crippen LogP contribution in [0.25, 0.3) is 5.65 Å². The Kier molecular flexibility index (Phi) is 3.44. The molecular weight excluding hydrogens is 254 g/mol. The molecule has 5 heteroatoms. The average molecular weight is 273 g/mol. The number of rotatable bonds is 3. The first-order valence-corrected chi connectivity index (χ1v) is 7.04. The van der Waals surface area contributed by atoms with Gasteiger partial charge >= 0.3 is 5.97 Å². The Balaban J connectivity index is 1.83. The summed E-state index contributed by atoms with van der Waals surface area (Å²) in [5.74, 6) is -0.913. The Labute approximate surface area is 117 Å². The van der Waals surface area contributed by atoms with Crippen molar-refractivity contribution in [2.24, 2.45) is 0 Å². The molecule has 1 aliphatic rings. The summed E-state index contributed by atoms with van der Waals surface area (Å²) in [5, 5.41) is 9.00. The van der Waals surface area contributed by atoms with Gasteiger partial charge in [0.15, 0.2) is 0 Å². The summed E-state index contributed by atoms with van der Waals surface area (Å²) in [4.78, 5) is 17.9. The molecule has 1 unspecified atom stereocenters. The third kappa shape index (κ3) is 2.54. The molecule has 1 aliphatic heterocycles. The van der Waals surface area contributed by atoms with Crippen molar-refractivity contribution in [2.45, 2.75) is 31.7 Å². The molecule has 1 saturated heterocycles. The van der Waals surface area contributed by atoms with Gasteiger partial charge in [0.25, 0.3) is 0 Å². The molecule has 106 valence electrons. The molecule has 0 aliphatic carbocycles. The summed E-state index contributed by atoms with van der Waals surface area (Å²) < 4.78 is 1.89. The van der Waals surface area contributed by atoms with Gasteiger partial charge in [-0.15, -0.1) is 0 Å². The van der Waals surface area contributed by atoms with E-state index < -0.39 is 5.97 Å². The lowest BCUT2D eigenvalue weighted by atomic mass is 9.99. The molecule has 3 heterocycles. The monoisotopic (exact) mass is 273 g/mol. The van der Waals surface area contributed by atoms with Crippen LogP contribution in [-0.4, -0.2) is 45.0 Å². The third-order valence-corrected chi connectivity index (χ3v) is 4.12. The van der Waals surface area contributed by atoms with Crippen LogP contribution < -0.4 is 0 Å². The van der Waals surface area contributed by atoms with Crippen molar-refractivity contribution >= 4 is 11.6 Å². The minimum Gasteiger partial charge on any atom is -0.478 e. The third-order valence-electron chi connectivity index (χ3n) is 4.12. The zero-order chi connectivity index (χ0) is 14.1. The molecule has 0 bridgehead atoms. The standard InChI is InChI=1S/C15H19N3O2/c1-17-6-3-2-4-13(17)9-12-10-18-7-5-11(15(19)20)8-14(18)16-12/h5,7-8,10,13H,2-4,6,9H2,1H3,(H,19,20). The Morgan fingerprint density at radius 2 is 2.35 bits per heavy atom. The van der Waals surface area contributed by atoms with Crippen LogP contribution in [0.4, 0.5) is 0 Å². The van der Waals surface area contributed by atoms with Gasteiger partial charge in [0.2, 0.25) is 0 Å². The second-order valence-corrected chi connectivity index (χ2v) is 5.55. The van der Waals surface area contributed by atoms with Crippen LogP contribution >= 0.6 is 0 Å².